The molecule has 6 heteroatoms. The summed E-state index contributed by atoms with van der Waals surface area (Å²) in [5.41, 5.74) is 4.19. The first-order chi connectivity index (χ1) is 15.5. The number of aryl methyl sites for hydroxylation is 2. The SMILES string of the molecule is O=C(CCCN1c2cccc3cccc(c23)S1(=O)=O)Nc1ccc2c3c(cccc13)CC2. The summed E-state index contributed by atoms with van der Waals surface area (Å²) in [5, 5.41) is 7.07. The van der Waals surface area contributed by atoms with Crippen molar-refractivity contribution in [3.8, 4) is 0 Å². The van der Waals surface area contributed by atoms with E-state index in [9.17, 15) is 13.2 Å². The van der Waals surface area contributed by atoms with Crippen molar-refractivity contribution >= 4 is 48.9 Å². The van der Waals surface area contributed by atoms with Crippen LogP contribution in [0.4, 0.5) is 11.4 Å². The molecule has 0 atom stereocenters. The molecule has 0 saturated carbocycles. The van der Waals surface area contributed by atoms with Gasteiger partial charge in [0, 0.05) is 29.4 Å². The molecule has 0 fully saturated rings. The molecule has 160 valence electrons. The Labute approximate surface area is 186 Å². The highest BCUT2D eigenvalue weighted by Gasteiger charge is 2.35. The minimum Gasteiger partial charge on any atom is -0.326 e. The van der Waals surface area contributed by atoms with Gasteiger partial charge in [-0.15, -0.1) is 0 Å². The molecule has 1 amide bonds. The molecule has 0 saturated heterocycles. The number of rotatable bonds is 5. The minimum absolute atomic E-state index is 0.101. The van der Waals surface area contributed by atoms with Crippen molar-refractivity contribution in [2.45, 2.75) is 30.6 Å². The summed E-state index contributed by atoms with van der Waals surface area (Å²) in [6.07, 6.45) is 2.78. The van der Waals surface area contributed by atoms with E-state index < -0.39 is 10.0 Å². The quantitative estimate of drug-likeness (QED) is 0.472. The molecule has 4 aromatic rings. The smallest absolute Gasteiger partial charge is 0.265 e. The lowest BCUT2D eigenvalue weighted by Crippen LogP contribution is -2.29. The van der Waals surface area contributed by atoms with Gasteiger partial charge in [-0.25, -0.2) is 8.42 Å². The molecule has 0 radical (unpaired) electrons. The van der Waals surface area contributed by atoms with Crippen LogP contribution in [0.3, 0.4) is 0 Å². The zero-order chi connectivity index (χ0) is 21.9. The van der Waals surface area contributed by atoms with E-state index in [0.717, 1.165) is 34.7 Å². The van der Waals surface area contributed by atoms with Gasteiger partial charge in [0.1, 0.15) is 0 Å². The molecule has 1 N–H and O–H groups in total. The predicted octanol–water partition coefficient (Wildman–Crippen LogP) is 5.02. The van der Waals surface area contributed by atoms with Gasteiger partial charge < -0.3 is 5.32 Å². The second-order valence-corrected chi connectivity index (χ2v) is 10.3. The van der Waals surface area contributed by atoms with Crippen LogP contribution in [0, 0.1) is 0 Å². The van der Waals surface area contributed by atoms with Gasteiger partial charge in [-0.1, -0.05) is 48.5 Å². The molecule has 5 nitrogen and oxygen atoms in total. The second kappa shape index (κ2) is 7.07. The number of anilines is 2. The fourth-order valence-electron chi connectivity index (χ4n) is 5.15. The Morgan fingerprint density at radius 3 is 2.47 bits per heavy atom. The van der Waals surface area contributed by atoms with Crippen molar-refractivity contribution in [1.29, 1.82) is 0 Å². The summed E-state index contributed by atoms with van der Waals surface area (Å²) >= 11 is 0. The topological polar surface area (TPSA) is 66.5 Å². The molecular formula is C26H22N2O3S. The third kappa shape index (κ3) is 2.83. The molecular weight excluding hydrogens is 420 g/mol. The number of nitrogens with zero attached hydrogens (tertiary/aromatic N) is 1. The van der Waals surface area contributed by atoms with Crippen LogP contribution in [0.2, 0.25) is 0 Å². The molecule has 1 aliphatic carbocycles. The van der Waals surface area contributed by atoms with Gasteiger partial charge in [0.2, 0.25) is 5.91 Å². The van der Waals surface area contributed by atoms with Crippen molar-refractivity contribution in [3.05, 3.63) is 77.9 Å². The van der Waals surface area contributed by atoms with Crippen molar-refractivity contribution in [2.24, 2.45) is 0 Å². The van der Waals surface area contributed by atoms with Gasteiger partial charge >= 0.3 is 0 Å². The van der Waals surface area contributed by atoms with E-state index >= 15 is 0 Å². The van der Waals surface area contributed by atoms with Crippen LogP contribution in [0.5, 0.6) is 0 Å². The Morgan fingerprint density at radius 1 is 0.875 bits per heavy atom. The maximum atomic E-state index is 13.1. The number of hydrogen-bond donors (Lipinski definition) is 1. The van der Waals surface area contributed by atoms with Crippen molar-refractivity contribution in [3.63, 3.8) is 0 Å². The van der Waals surface area contributed by atoms with Gasteiger partial charge in [-0.2, -0.15) is 0 Å². The van der Waals surface area contributed by atoms with E-state index in [1.165, 1.54) is 20.8 Å². The van der Waals surface area contributed by atoms with Gasteiger partial charge in [-0.05, 0) is 59.4 Å². The summed E-state index contributed by atoms with van der Waals surface area (Å²) in [5.74, 6) is -0.101. The fourth-order valence-corrected chi connectivity index (χ4v) is 6.90. The maximum absolute atomic E-state index is 13.1. The standard InChI is InChI=1S/C26H22N2O3S/c29-24(27-21-15-14-19-13-12-18-5-1-8-20(21)25(18)19)11-4-16-28-22-9-2-6-17-7-3-10-23(26(17)22)32(28,30)31/h1-3,5-10,14-15H,4,11-13,16H2,(H,27,29). The van der Waals surface area contributed by atoms with Crippen molar-refractivity contribution < 1.29 is 13.2 Å². The van der Waals surface area contributed by atoms with E-state index in [-0.39, 0.29) is 18.9 Å². The minimum atomic E-state index is -3.59. The number of hydrogen-bond acceptors (Lipinski definition) is 3. The number of nitrogens with one attached hydrogen (secondary N) is 1. The average molecular weight is 443 g/mol. The Balaban J connectivity index is 1.19. The van der Waals surface area contributed by atoms with E-state index in [0.29, 0.717) is 17.0 Å². The first-order valence-corrected chi connectivity index (χ1v) is 12.4. The third-order valence-corrected chi connectivity index (χ3v) is 8.45. The number of benzene rings is 4. The number of carbonyl (C=O) groups excluding carboxylic acids is 1. The highest BCUT2D eigenvalue weighted by Crippen LogP contribution is 2.42. The Bertz CT molecular complexity index is 1510. The zero-order valence-corrected chi connectivity index (χ0v) is 18.3. The fraction of sp³-hybridized carbons (Fsp3) is 0.192. The summed E-state index contributed by atoms with van der Waals surface area (Å²) in [4.78, 5) is 13.1. The van der Waals surface area contributed by atoms with Crippen molar-refractivity contribution in [2.75, 3.05) is 16.2 Å². The van der Waals surface area contributed by atoms with Crippen LogP contribution >= 0.6 is 0 Å². The lowest BCUT2D eigenvalue weighted by molar-refractivity contribution is -0.116. The molecule has 0 spiro atoms. The largest absolute Gasteiger partial charge is 0.326 e. The van der Waals surface area contributed by atoms with Crippen LogP contribution in [0.1, 0.15) is 24.0 Å². The Morgan fingerprint density at radius 2 is 1.62 bits per heavy atom. The molecule has 2 aliphatic rings. The lowest BCUT2D eigenvalue weighted by atomic mass is 10.0. The molecule has 32 heavy (non-hydrogen) atoms. The highest BCUT2D eigenvalue weighted by molar-refractivity contribution is 7.93. The third-order valence-electron chi connectivity index (χ3n) is 6.60. The number of amides is 1. The molecule has 1 aliphatic heterocycles. The van der Waals surface area contributed by atoms with E-state index in [2.05, 4.69) is 23.5 Å². The zero-order valence-electron chi connectivity index (χ0n) is 17.5. The first-order valence-electron chi connectivity index (χ1n) is 10.9. The predicted molar refractivity (Wildman–Crippen MR) is 128 cm³/mol. The first kappa shape index (κ1) is 19.3. The van der Waals surface area contributed by atoms with Gasteiger partial charge in [0.15, 0.2) is 0 Å². The average Bonchev–Trinajstić information content (AvgIpc) is 3.31. The summed E-state index contributed by atoms with van der Waals surface area (Å²) in [6, 6.07) is 21.3. The summed E-state index contributed by atoms with van der Waals surface area (Å²) in [6.45, 7) is 0.271. The number of carbonyl (C=O) groups is 1. The lowest BCUT2D eigenvalue weighted by Gasteiger charge is -2.18. The van der Waals surface area contributed by atoms with Gasteiger partial charge in [0.25, 0.3) is 10.0 Å². The summed E-state index contributed by atoms with van der Waals surface area (Å²) < 4.78 is 27.6. The number of sulfonamides is 1. The van der Waals surface area contributed by atoms with Crippen LogP contribution in [-0.4, -0.2) is 20.9 Å². The normalized spacial score (nSPS) is 15.6. The van der Waals surface area contributed by atoms with Crippen LogP contribution in [0.15, 0.2) is 71.6 Å². The van der Waals surface area contributed by atoms with Crippen LogP contribution in [0.25, 0.3) is 21.5 Å². The molecule has 0 bridgehead atoms. The molecule has 1 heterocycles. The molecule has 0 unspecified atom stereocenters. The van der Waals surface area contributed by atoms with Crippen LogP contribution < -0.4 is 9.62 Å². The van der Waals surface area contributed by atoms with Gasteiger partial charge in [0.05, 0.1) is 10.6 Å². The summed E-state index contributed by atoms with van der Waals surface area (Å²) in [7, 11) is -3.59. The Hall–Kier alpha value is -3.38. The molecule has 4 aromatic carbocycles. The Kier molecular flexibility index (Phi) is 4.27. The molecule has 6 rings (SSSR count). The van der Waals surface area contributed by atoms with E-state index in [1.54, 1.807) is 12.1 Å². The monoisotopic (exact) mass is 442 g/mol. The second-order valence-electron chi connectivity index (χ2n) is 8.47. The highest BCUT2D eigenvalue weighted by atomic mass is 32.2. The van der Waals surface area contributed by atoms with E-state index in [1.807, 2.05) is 36.4 Å². The van der Waals surface area contributed by atoms with Crippen LogP contribution in [-0.2, 0) is 27.7 Å². The van der Waals surface area contributed by atoms with E-state index in [4.69, 9.17) is 0 Å². The van der Waals surface area contributed by atoms with Crippen molar-refractivity contribution in [1.82, 2.24) is 0 Å². The van der Waals surface area contributed by atoms with Gasteiger partial charge in [-0.3, -0.25) is 9.10 Å². The maximum Gasteiger partial charge on any atom is 0.265 e. The molecule has 0 aromatic heterocycles.